The summed E-state index contributed by atoms with van der Waals surface area (Å²) in [6, 6.07) is 3.17. The SMILES string of the molecule is CC1CN(c2cc(F)c(-c3cnc(N4CCNCC4)nc3)cc2NC(=O)c2c[nH]c(=O)cc2C(F)(F)F)CC(C)N1C. The molecule has 1 amide bonds. The number of amides is 1. The van der Waals surface area contributed by atoms with E-state index in [4.69, 9.17) is 0 Å². The molecule has 2 saturated heterocycles. The number of carbonyl (C=O) groups excluding carboxylic acids is 1. The summed E-state index contributed by atoms with van der Waals surface area (Å²) < 4.78 is 56.8. The fraction of sp³-hybridized carbons (Fsp3) is 0.429. The molecule has 2 aliphatic heterocycles. The van der Waals surface area contributed by atoms with Crippen LogP contribution in [0.1, 0.15) is 29.8 Å². The van der Waals surface area contributed by atoms with Crippen molar-refractivity contribution in [2.24, 2.45) is 0 Å². The highest BCUT2D eigenvalue weighted by Crippen LogP contribution is 2.37. The second kappa shape index (κ2) is 11.7. The van der Waals surface area contributed by atoms with Gasteiger partial charge in [-0.15, -0.1) is 0 Å². The van der Waals surface area contributed by atoms with Crippen LogP contribution in [0.25, 0.3) is 11.1 Å². The number of halogens is 4. The molecule has 0 radical (unpaired) electrons. The molecule has 14 heteroatoms. The Hall–Kier alpha value is -4.04. The summed E-state index contributed by atoms with van der Waals surface area (Å²) >= 11 is 0. The van der Waals surface area contributed by atoms with Gasteiger partial charge in [-0.25, -0.2) is 14.4 Å². The number of H-pyrrole nitrogens is 1. The van der Waals surface area contributed by atoms with Crippen molar-refractivity contribution in [3.63, 3.8) is 0 Å². The number of hydrogen-bond acceptors (Lipinski definition) is 8. The molecule has 4 heterocycles. The fourth-order valence-corrected chi connectivity index (χ4v) is 5.32. The minimum atomic E-state index is -4.94. The standard InChI is InChI=1S/C28H32F4N8O2/c1-16-14-40(15-17(2)38(16)3)24-10-22(29)19(18-11-35-27(36-12-18)39-6-4-33-5-7-39)8-23(24)37-26(42)20-13-34-25(41)9-21(20)28(30,31)32/h8-13,16-17,33H,4-7,14-15H2,1-3H3,(H,34,41)(H,37,42). The number of piperazine rings is 2. The van der Waals surface area contributed by atoms with Gasteiger partial charge in [-0.3, -0.25) is 14.5 Å². The van der Waals surface area contributed by atoms with E-state index >= 15 is 4.39 Å². The van der Waals surface area contributed by atoms with E-state index in [1.54, 1.807) is 0 Å². The van der Waals surface area contributed by atoms with Crippen molar-refractivity contribution in [1.29, 1.82) is 0 Å². The maximum absolute atomic E-state index is 15.7. The predicted octanol–water partition coefficient (Wildman–Crippen LogP) is 3.18. The molecule has 2 unspecified atom stereocenters. The molecule has 0 saturated carbocycles. The highest BCUT2D eigenvalue weighted by atomic mass is 19.4. The first-order valence-corrected chi connectivity index (χ1v) is 13.6. The van der Waals surface area contributed by atoms with Crippen LogP contribution in [0.4, 0.5) is 34.9 Å². The molecule has 0 bridgehead atoms. The topological polar surface area (TPSA) is 109 Å². The number of pyridine rings is 1. The number of benzene rings is 1. The van der Waals surface area contributed by atoms with Gasteiger partial charge in [0.25, 0.3) is 5.91 Å². The van der Waals surface area contributed by atoms with Gasteiger partial charge < -0.3 is 25.4 Å². The van der Waals surface area contributed by atoms with Crippen LogP contribution in [0.3, 0.4) is 0 Å². The molecule has 0 aliphatic carbocycles. The molecule has 2 fully saturated rings. The van der Waals surface area contributed by atoms with E-state index in [1.807, 2.05) is 30.7 Å². The molecule has 2 aliphatic rings. The van der Waals surface area contributed by atoms with Gasteiger partial charge in [0.1, 0.15) is 5.82 Å². The monoisotopic (exact) mass is 588 g/mol. The van der Waals surface area contributed by atoms with Gasteiger partial charge in [0.15, 0.2) is 0 Å². The summed E-state index contributed by atoms with van der Waals surface area (Å²) in [7, 11) is 1.98. The lowest BCUT2D eigenvalue weighted by Crippen LogP contribution is -2.55. The zero-order valence-electron chi connectivity index (χ0n) is 23.4. The van der Waals surface area contributed by atoms with Crippen LogP contribution in [-0.4, -0.2) is 84.2 Å². The average molecular weight is 589 g/mol. The first-order chi connectivity index (χ1) is 19.9. The van der Waals surface area contributed by atoms with Crippen LogP contribution in [0.15, 0.2) is 41.6 Å². The predicted molar refractivity (Wildman–Crippen MR) is 151 cm³/mol. The van der Waals surface area contributed by atoms with Crippen molar-refractivity contribution in [2.45, 2.75) is 32.1 Å². The number of anilines is 3. The third-order valence-corrected chi connectivity index (χ3v) is 7.86. The summed E-state index contributed by atoms with van der Waals surface area (Å²) in [6.45, 7) is 8.06. The summed E-state index contributed by atoms with van der Waals surface area (Å²) in [6.07, 6.45) is -1.24. The third kappa shape index (κ3) is 6.09. The Morgan fingerprint density at radius 1 is 1.02 bits per heavy atom. The van der Waals surface area contributed by atoms with Crippen molar-refractivity contribution in [3.05, 3.63) is 64.1 Å². The van der Waals surface area contributed by atoms with Crippen LogP contribution in [0, 0.1) is 5.82 Å². The molecule has 3 N–H and O–H groups in total. The normalized spacial score (nSPS) is 20.1. The molecular formula is C28H32F4N8O2. The number of aromatic amines is 1. The highest BCUT2D eigenvalue weighted by Gasteiger charge is 2.36. The molecule has 224 valence electrons. The Morgan fingerprint density at radius 2 is 1.67 bits per heavy atom. The van der Waals surface area contributed by atoms with E-state index < -0.39 is 34.6 Å². The van der Waals surface area contributed by atoms with Crippen LogP contribution in [-0.2, 0) is 6.18 Å². The van der Waals surface area contributed by atoms with Gasteiger partial charge in [0, 0.05) is 87.1 Å². The summed E-state index contributed by atoms with van der Waals surface area (Å²) in [4.78, 5) is 41.9. The minimum Gasteiger partial charge on any atom is -0.367 e. The van der Waals surface area contributed by atoms with Gasteiger partial charge in [0.2, 0.25) is 11.5 Å². The van der Waals surface area contributed by atoms with Gasteiger partial charge in [-0.1, -0.05) is 0 Å². The Balaban J connectivity index is 1.54. The lowest BCUT2D eigenvalue weighted by molar-refractivity contribution is -0.138. The van der Waals surface area contributed by atoms with Crippen LogP contribution >= 0.6 is 0 Å². The zero-order valence-corrected chi connectivity index (χ0v) is 23.4. The maximum atomic E-state index is 15.7. The molecule has 2 atom stereocenters. The Morgan fingerprint density at radius 3 is 2.29 bits per heavy atom. The second-order valence-electron chi connectivity index (χ2n) is 10.7. The van der Waals surface area contributed by atoms with Crippen molar-refractivity contribution >= 4 is 23.2 Å². The maximum Gasteiger partial charge on any atom is 0.417 e. The minimum absolute atomic E-state index is 0.0775. The second-order valence-corrected chi connectivity index (χ2v) is 10.7. The smallest absolute Gasteiger partial charge is 0.367 e. The van der Waals surface area contributed by atoms with Crippen LogP contribution < -0.4 is 26.0 Å². The van der Waals surface area contributed by atoms with Crippen molar-refractivity contribution in [1.82, 2.24) is 25.2 Å². The van der Waals surface area contributed by atoms with Gasteiger partial charge in [-0.2, -0.15) is 13.2 Å². The van der Waals surface area contributed by atoms with Gasteiger partial charge in [0.05, 0.1) is 22.5 Å². The zero-order chi connectivity index (χ0) is 30.2. The third-order valence-electron chi connectivity index (χ3n) is 7.86. The number of nitrogens with one attached hydrogen (secondary N) is 3. The van der Waals surface area contributed by atoms with Crippen LogP contribution in [0.2, 0.25) is 0 Å². The van der Waals surface area contributed by atoms with Gasteiger partial charge in [-0.05, 0) is 33.0 Å². The lowest BCUT2D eigenvalue weighted by atomic mass is 10.0. The largest absolute Gasteiger partial charge is 0.417 e. The summed E-state index contributed by atoms with van der Waals surface area (Å²) in [5.41, 5.74) is -2.26. The van der Waals surface area contributed by atoms with Crippen LogP contribution in [0.5, 0.6) is 0 Å². The molecule has 0 spiro atoms. The Kier molecular flexibility index (Phi) is 8.19. The molecular weight excluding hydrogens is 556 g/mol. The first kappa shape index (κ1) is 29.5. The van der Waals surface area contributed by atoms with E-state index in [0.29, 0.717) is 36.4 Å². The number of nitrogens with zero attached hydrogens (tertiary/aromatic N) is 5. The summed E-state index contributed by atoms with van der Waals surface area (Å²) in [5, 5.41) is 5.81. The van der Waals surface area contributed by atoms with E-state index in [-0.39, 0.29) is 23.3 Å². The number of carbonyl (C=O) groups is 1. The fourth-order valence-electron chi connectivity index (χ4n) is 5.32. The lowest BCUT2D eigenvalue weighted by Gasteiger charge is -2.44. The van der Waals surface area contributed by atoms with Crippen molar-refractivity contribution in [3.8, 4) is 11.1 Å². The number of hydrogen-bond donors (Lipinski definition) is 3. The Labute approximate surface area is 239 Å². The van der Waals surface area contributed by atoms with E-state index in [9.17, 15) is 22.8 Å². The quantitative estimate of drug-likeness (QED) is 0.390. The van der Waals surface area contributed by atoms with Crippen molar-refractivity contribution in [2.75, 3.05) is 61.4 Å². The average Bonchev–Trinajstić information content (AvgIpc) is 2.96. The summed E-state index contributed by atoms with van der Waals surface area (Å²) in [5.74, 6) is -1.19. The number of aromatic nitrogens is 3. The Bertz CT molecular complexity index is 1490. The molecule has 10 nitrogen and oxygen atoms in total. The highest BCUT2D eigenvalue weighted by molar-refractivity contribution is 6.07. The van der Waals surface area contributed by atoms with Gasteiger partial charge >= 0.3 is 6.18 Å². The molecule has 1 aromatic carbocycles. The molecule has 42 heavy (non-hydrogen) atoms. The van der Waals surface area contributed by atoms with E-state index in [0.717, 1.165) is 32.4 Å². The van der Waals surface area contributed by atoms with E-state index in [1.165, 1.54) is 24.5 Å². The first-order valence-electron chi connectivity index (χ1n) is 13.6. The molecule has 2 aromatic heterocycles. The number of likely N-dealkylation sites (N-methyl/N-ethyl adjacent to an activating group) is 1. The van der Waals surface area contributed by atoms with Crippen molar-refractivity contribution < 1.29 is 22.4 Å². The van der Waals surface area contributed by atoms with E-state index in [2.05, 4.69) is 30.5 Å². The molecule has 5 rings (SSSR count). The number of rotatable bonds is 5. The number of alkyl halides is 3. The molecule has 3 aromatic rings.